The molecule has 23 nitrogen and oxygen atoms in total. The number of phenols is 2. The number of carbonyl (C=O) groups excluding carboxylic acids is 1. The molecular formula is C40H31N7O16S4. The maximum atomic E-state index is 12.7. The second-order valence-electron chi connectivity index (χ2n) is 13.8. The molecule has 0 aliphatic rings. The molecule has 1 atom stereocenters. The Morgan fingerprint density at radius 2 is 1.21 bits per heavy atom. The van der Waals surface area contributed by atoms with E-state index in [0.717, 1.165) is 31.4 Å². The number of nitrogens with zero attached hydrogens (tertiary/aromatic N) is 4. The summed E-state index contributed by atoms with van der Waals surface area (Å²) in [5.74, 6) is -3.05. The topological polar surface area (TPSA) is 376 Å². The summed E-state index contributed by atoms with van der Waals surface area (Å²) in [6.45, 7) is 0. The van der Waals surface area contributed by atoms with Crippen LogP contribution >= 0.6 is 0 Å². The molecule has 10 N–H and O–H groups in total. The van der Waals surface area contributed by atoms with Gasteiger partial charge in [0.05, 0.1) is 12.8 Å². The van der Waals surface area contributed by atoms with Crippen molar-refractivity contribution in [2.45, 2.75) is 14.7 Å². The standard InChI is InChI=1S/C40H31N7O16S4/c1-62-31-18-30(34(66(56,57)58)19-29(31)44-47-37-35(67(59,60)61)16-21-13-23(41)7-10-26(21)39(37)49)45-46-36-32(63-64(51)52)15-22-14-24(8-11-27(22)38(36)48)42-25-9-12-28(33(17-25)65(53,54)55)43-40(50)20-5-3-2-4-6-20/h2-19,42,48-49H,41H2,1H3,(H,43,50)(H,51,52)(H,53,54,55)(H,56,57,58)(H,59,60,61). The number of hydrogen-bond acceptors (Lipinski definition) is 18. The van der Waals surface area contributed by atoms with E-state index < -0.39 is 102 Å². The SMILES string of the molecule is COc1cc(N=Nc2c(OS(=O)O)cc3cc(Nc4ccc(NC(=O)c5ccccc5)c(S(=O)(=O)O)c4)ccc3c2O)c(S(=O)(=O)O)cc1N=Nc1c(S(=O)(=O)O)cc2cc(N)ccc2c1O. The maximum absolute atomic E-state index is 12.7. The fourth-order valence-corrected chi connectivity index (χ4v) is 8.71. The van der Waals surface area contributed by atoms with Crippen molar-refractivity contribution in [2.75, 3.05) is 23.5 Å². The third kappa shape index (κ3) is 10.4. The fourth-order valence-electron chi connectivity index (χ4n) is 6.47. The number of methoxy groups -OCH3 is 1. The number of nitrogens with one attached hydrogen (secondary N) is 2. The first-order valence-electron chi connectivity index (χ1n) is 18.4. The molecular weight excluding hydrogens is 963 g/mol. The van der Waals surface area contributed by atoms with Crippen LogP contribution in [0.2, 0.25) is 0 Å². The predicted molar refractivity (Wildman–Crippen MR) is 242 cm³/mol. The van der Waals surface area contributed by atoms with Gasteiger partial charge in [0.1, 0.15) is 37.5 Å². The molecule has 67 heavy (non-hydrogen) atoms. The molecule has 0 aromatic heterocycles. The van der Waals surface area contributed by atoms with Crippen LogP contribution in [0.25, 0.3) is 21.5 Å². The minimum absolute atomic E-state index is 0.0150. The molecule has 0 fully saturated rings. The van der Waals surface area contributed by atoms with Crippen LogP contribution in [0.1, 0.15) is 10.4 Å². The maximum Gasteiger partial charge on any atom is 0.357 e. The molecule has 7 aromatic carbocycles. The van der Waals surface area contributed by atoms with Gasteiger partial charge < -0.3 is 35.5 Å². The summed E-state index contributed by atoms with van der Waals surface area (Å²) in [7, 11) is -14.1. The number of fused-ring (bicyclic) bond motifs is 2. The molecule has 0 saturated carbocycles. The van der Waals surface area contributed by atoms with Crippen molar-refractivity contribution in [3.05, 3.63) is 115 Å². The van der Waals surface area contributed by atoms with E-state index in [1.165, 1.54) is 60.7 Å². The Hall–Kier alpha value is -7.63. The summed E-state index contributed by atoms with van der Waals surface area (Å²) in [4.78, 5) is 10.2. The quantitative estimate of drug-likeness (QED) is 0.0215. The van der Waals surface area contributed by atoms with Crippen LogP contribution in [0.15, 0.2) is 144 Å². The van der Waals surface area contributed by atoms with Gasteiger partial charge in [-0.3, -0.25) is 23.0 Å². The van der Waals surface area contributed by atoms with Crippen molar-refractivity contribution >= 4 is 115 Å². The van der Waals surface area contributed by atoms with Gasteiger partial charge in [-0.15, -0.1) is 20.5 Å². The molecule has 0 spiro atoms. The molecule has 346 valence electrons. The highest BCUT2D eigenvalue weighted by molar-refractivity contribution is 7.86. The van der Waals surface area contributed by atoms with Gasteiger partial charge in [0, 0.05) is 39.5 Å². The monoisotopic (exact) mass is 993 g/mol. The number of nitrogen functional groups attached to an aromatic ring is 1. The van der Waals surface area contributed by atoms with Gasteiger partial charge in [0.25, 0.3) is 36.3 Å². The number of anilines is 4. The lowest BCUT2D eigenvalue weighted by Gasteiger charge is -2.14. The third-order valence-corrected chi connectivity index (χ3v) is 12.4. The second-order valence-corrected chi connectivity index (χ2v) is 18.6. The Balaban J connectivity index is 1.24. The molecule has 0 heterocycles. The Labute approximate surface area is 381 Å². The zero-order valence-corrected chi connectivity index (χ0v) is 36.9. The molecule has 0 radical (unpaired) electrons. The van der Waals surface area contributed by atoms with Crippen LogP contribution in [0.5, 0.6) is 23.0 Å². The van der Waals surface area contributed by atoms with Crippen LogP contribution in [-0.2, 0) is 41.7 Å². The minimum atomic E-state index is -5.24. The highest BCUT2D eigenvalue weighted by Crippen LogP contribution is 2.47. The summed E-state index contributed by atoms with van der Waals surface area (Å²) >= 11 is -3.05. The van der Waals surface area contributed by atoms with Gasteiger partial charge in [-0.2, -0.15) is 29.5 Å². The molecule has 7 rings (SSSR count). The lowest BCUT2D eigenvalue weighted by Crippen LogP contribution is -2.14. The van der Waals surface area contributed by atoms with Crippen LogP contribution in [0.4, 0.5) is 45.5 Å². The van der Waals surface area contributed by atoms with Crippen LogP contribution in [0, 0.1) is 0 Å². The van der Waals surface area contributed by atoms with E-state index >= 15 is 0 Å². The summed E-state index contributed by atoms with van der Waals surface area (Å²) < 4.78 is 137. The summed E-state index contributed by atoms with van der Waals surface area (Å²) in [6.07, 6.45) is 0. The summed E-state index contributed by atoms with van der Waals surface area (Å²) in [5, 5.41) is 43.3. The van der Waals surface area contributed by atoms with Crippen molar-refractivity contribution < 1.29 is 71.6 Å². The number of carbonyl (C=O) groups is 1. The molecule has 1 amide bonds. The van der Waals surface area contributed by atoms with Gasteiger partial charge in [-0.25, -0.2) is 0 Å². The first kappa shape index (κ1) is 47.3. The zero-order chi connectivity index (χ0) is 48.6. The normalized spacial score (nSPS) is 12.7. The Morgan fingerprint density at radius 1 is 0.627 bits per heavy atom. The number of phenolic OH excluding ortho intramolecular Hbond substituents is 2. The Kier molecular flexibility index (Phi) is 13.0. The van der Waals surface area contributed by atoms with Crippen molar-refractivity contribution in [1.29, 1.82) is 0 Å². The molecule has 27 heteroatoms. The average molecular weight is 994 g/mol. The number of rotatable bonds is 14. The summed E-state index contributed by atoms with van der Waals surface area (Å²) in [6, 6.07) is 23.4. The molecule has 0 aliphatic carbocycles. The zero-order valence-electron chi connectivity index (χ0n) is 33.7. The lowest BCUT2D eigenvalue weighted by atomic mass is 10.1. The van der Waals surface area contributed by atoms with E-state index in [1.807, 2.05) is 0 Å². The van der Waals surface area contributed by atoms with Crippen molar-refractivity contribution in [2.24, 2.45) is 20.5 Å². The Bertz CT molecular complexity index is 3610. The number of azo groups is 2. The molecule has 0 aliphatic heterocycles. The van der Waals surface area contributed by atoms with Gasteiger partial charge in [0.2, 0.25) is 0 Å². The predicted octanol–water partition coefficient (Wildman–Crippen LogP) is 8.08. The van der Waals surface area contributed by atoms with E-state index in [2.05, 4.69) is 31.1 Å². The van der Waals surface area contributed by atoms with E-state index in [-0.39, 0.29) is 55.6 Å². The smallest absolute Gasteiger partial charge is 0.357 e. The van der Waals surface area contributed by atoms with Crippen molar-refractivity contribution in [3.8, 4) is 23.0 Å². The van der Waals surface area contributed by atoms with Gasteiger partial charge in [-0.05, 0) is 95.7 Å². The van der Waals surface area contributed by atoms with E-state index in [4.69, 9.17) is 14.7 Å². The number of nitrogens with two attached hydrogens (primary N) is 1. The van der Waals surface area contributed by atoms with Crippen LogP contribution in [-0.4, -0.2) is 70.9 Å². The number of hydrogen-bond donors (Lipinski definition) is 9. The molecule has 0 saturated heterocycles. The molecule has 0 bridgehead atoms. The van der Waals surface area contributed by atoms with Crippen molar-refractivity contribution in [1.82, 2.24) is 0 Å². The van der Waals surface area contributed by atoms with Gasteiger partial charge in [0.15, 0.2) is 22.9 Å². The van der Waals surface area contributed by atoms with Gasteiger partial charge in [-0.1, -0.05) is 18.2 Å². The number of aromatic hydroxyl groups is 2. The van der Waals surface area contributed by atoms with Crippen LogP contribution < -0.4 is 25.3 Å². The van der Waals surface area contributed by atoms with E-state index in [0.29, 0.717) is 6.07 Å². The number of benzene rings is 7. The first-order valence-corrected chi connectivity index (χ1v) is 23.8. The summed E-state index contributed by atoms with van der Waals surface area (Å²) in [5.41, 5.74) is 3.73. The third-order valence-electron chi connectivity index (χ3n) is 9.45. The van der Waals surface area contributed by atoms with Gasteiger partial charge >= 0.3 is 11.4 Å². The van der Waals surface area contributed by atoms with E-state index in [9.17, 15) is 62.7 Å². The highest BCUT2D eigenvalue weighted by atomic mass is 32.2. The molecule has 1 unspecified atom stereocenters. The lowest BCUT2D eigenvalue weighted by molar-refractivity contribution is 0.102. The minimum Gasteiger partial charge on any atom is -0.505 e. The van der Waals surface area contributed by atoms with E-state index in [1.54, 1.807) is 18.2 Å². The second kappa shape index (κ2) is 18.3. The number of amides is 1. The highest BCUT2D eigenvalue weighted by Gasteiger charge is 2.25. The number of ether oxygens (including phenoxy) is 1. The average Bonchev–Trinajstić information content (AvgIpc) is 3.25. The first-order chi connectivity index (χ1) is 31.5. The fraction of sp³-hybridized carbons (Fsp3) is 0.0250. The molecule has 7 aromatic rings. The van der Waals surface area contributed by atoms with Crippen LogP contribution in [0.3, 0.4) is 0 Å². The largest absolute Gasteiger partial charge is 0.505 e. The van der Waals surface area contributed by atoms with Crippen molar-refractivity contribution in [3.63, 3.8) is 0 Å². The Morgan fingerprint density at radius 3 is 1.85 bits per heavy atom.